The van der Waals surface area contributed by atoms with Crippen LogP contribution in [-0.2, 0) is 10.0 Å². The minimum absolute atomic E-state index is 0.0316. The second-order valence-electron chi connectivity index (χ2n) is 7.83. The van der Waals surface area contributed by atoms with E-state index in [1.165, 1.54) is 42.5 Å². The number of amides is 1. The van der Waals surface area contributed by atoms with E-state index in [9.17, 15) is 13.2 Å². The molecule has 0 saturated carbocycles. The summed E-state index contributed by atoms with van der Waals surface area (Å²) in [7, 11) is -4.06. The lowest BCUT2D eigenvalue weighted by Crippen LogP contribution is -2.19. The number of carbonyl (C=O) groups is 1. The number of anilines is 2. The molecule has 0 aliphatic rings. The lowest BCUT2D eigenvalue weighted by atomic mass is 10.1. The van der Waals surface area contributed by atoms with Crippen molar-refractivity contribution in [3.05, 3.63) is 110 Å². The topological polar surface area (TPSA) is 84.5 Å². The van der Waals surface area contributed by atoms with Gasteiger partial charge in [0.1, 0.15) is 11.5 Å². The van der Waals surface area contributed by atoms with Gasteiger partial charge in [-0.15, -0.1) is 0 Å². The average molecular weight is 641 g/mol. The van der Waals surface area contributed by atoms with Gasteiger partial charge in [0, 0.05) is 15.2 Å². The minimum Gasteiger partial charge on any atom is -0.456 e. The highest BCUT2D eigenvalue weighted by Crippen LogP contribution is 2.32. The van der Waals surface area contributed by atoms with Crippen LogP contribution in [0.1, 0.15) is 15.9 Å². The average Bonchev–Trinajstić information content (AvgIpc) is 2.85. The largest absolute Gasteiger partial charge is 0.456 e. The number of sulfonamides is 1. The van der Waals surface area contributed by atoms with Gasteiger partial charge < -0.3 is 10.1 Å². The highest BCUT2D eigenvalue weighted by Gasteiger charge is 2.20. The van der Waals surface area contributed by atoms with Crippen LogP contribution in [0.2, 0.25) is 15.1 Å². The molecule has 0 atom stereocenters. The molecule has 0 aromatic heterocycles. The number of rotatable bonds is 7. The van der Waals surface area contributed by atoms with E-state index < -0.39 is 15.9 Å². The van der Waals surface area contributed by atoms with Gasteiger partial charge in [-0.2, -0.15) is 0 Å². The van der Waals surface area contributed by atoms with E-state index in [0.717, 1.165) is 5.56 Å². The van der Waals surface area contributed by atoms with E-state index >= 15 is 0 Å². The van der Waals surface area contributed by atoms with Crippen molar-refractivity contribution in [2.24, 2.45) is 0 Å². The Morgan fingerprint density at radius 3 is 2.27 bits per heavy atom. The molecule has 2 N–H and O–H groups in total. The number of benzene rings is 4. The molecule has 0 bridgehead atoms. The van der Waals surface area contributed by atoms with Crippen LogP contribution in [0, 0.1) is 6.92 Å². The molecule has 37 heavy (non-hydrogen) atoms. The SMILES string of the molecule is Cc1cc(Br)c(Cl)cc1NC(=O)c1cc(Cl)ccc1NS(=O)(=O)c1ccc(Oc2ccccc2Cl)cc1. The lowest BCUT2D eigenvalue weighted by molar-refractivity contribution is 0.102. The van der Waals surface area contributed by atoms with Crippen LogP contribution in [0.25, 0.3) is 0 Å². The van der Waals surface area contributed by atoms with E-state index in [0.29, 0.717) is 31.7 Å². The molecule has 0 aliphatic carbocycles. The standard InChI is InChI=1S/C26H18BrCl3N2O4S/c1-15-12-20(27)22(30)14-24(15)31-26(33)19-13-16(28)6-11-23(19)32-37(34,35)18-9-7-17(8-10-18)36-25-5-3-2-4-21(25)29/h2-14,32H,1H3,(H,31,33). The first-order chi connectivity index (χ1) is 17.5. The molecule has 0 unspecified atom stereocenters. The number of nitrogens with one attached hydrogen (secondary N) is 2. The maximum atomic E-state index is 13.1. The molecular weight excluding hydrogens is 623 g/mol. The molecule has 6 nitrogen and oxygen atoms in total. The first-order valence-electron chi connectivity index (χ1n) is 10.7. The van der Waals surface area contributed by atoms with Gasteiger partial charge in [0.25, 0.3) is 15.9 Å². The number of ether oxygens (including phenoxy) is 1. The number of hydrogen-bond acceptors (Lipinski definition) is 4. The van der Waals surface area contributed by atoms with Gasteiger partial charge in [0.15, 0.2) is 0 Å². The fraction of sp³-hybridized carbons (Fsp3) is 0.0385. The van der Waals surface area contributed by atoms with E-state index in [4.69, 9.17) is 39.5 Å². The number of halogens is 4. The van der Waals surface area contributed by atoms with Crippen molar-refractivity contribution in [3.8, 4) is 11.5 Å². The summed E-state index contributed by atoms with van der Waals surface area (Å²) in [4.78, 5) is 13.1. The van der Waals surface area contributed by atoms with Gasteiger partial charge in [-0.1, -0.05) is 46.9 Å². The molecule has 0 heterocycles. The van der Waals surface area contributed by atoms with E-state index in [2.05, 4.69) is 26.0 Å². The van der Waals surface area contributed by atoms with Crippen molar-refractivity contribution in [2.45, 2.75) is 11.8 Å². The fourth-order valence-electron chi connectivity index (χ4n) is 3.31. The Hall–Kier alpha value is -2.75. The number of carbonyl (C=O) groups excluding carboxylic acids is 1. The summed E-state index contributed by atoms with van der Waals surface area (Å²) in [6.45, 7) is 1.80. The summed E-state index contributed by atoms with van der Waals surface area (Å²) in [5, 5.41) is 3.86. The van der Waals surface area contributed by atoms with E-state index in [1.54, 1.807) is 43.3 Å². The lowest BCUT2D eigenvalue weighted by Gasteiger charge is -2.15. The first-order valence-corrected chi connectivity index (χ1v) is 14.1. The molecule has 4 aromatic rings. The third-order valence-corrected chi connectivity index (χ3v) is 8.31. The molecule has 0 radical (unpaired) electrons. The molecule has 0 aliphatic heterocycles. The number of hydrogen-bond donors (Lipinski definition) is 2. The van der Waals surface area contributed by atoms with Crippen molar-refractivity contribution in [1.29, 1.82) is 0 Å². The monoisotopic (exact) mass is 638 g/mol. The Morgan fingerprint density at radius 2 is 1.57 bits per heavy atom. The fourth-order valence-corrected chi connectivity index (χ4v) is 5.36. The van der Waals surface area contributed by atoms with Gasteiger partial charge in [-0.05, 0) is 95.1 Å². The zero-order valence-electron chi connectivity index (χ0n) is 19.1. The summed E-state index contributed by atoms with van der Waals surface area (Å²) in [5.74, 6) is 0.282. The van der Waals surface area contributed by atoms with Crippen molar-refractivity contribution in [2.75, 3.05) is 10.0 Å². The van der Waals surface area contributed by atoms with Gasteiger partial charge in [0.2, 0.25) is 0 Å². The Kier molecular flexibility index (Phi) is 8.36. The van der Waals surface area contributed by atoms with Crippen LogP contribution >= 0.6 is 50.7 Å². The molecule has 0 spiro atoms. The second-order valence-corrected chi connectivity index (χ2v) is 11.6. The molecule has 11 heteroatoms. The third kappa shape index (κ3) is 6.58. The van der Waals surface area contributed by atoms with Crippen molar-refractivity contribution in [1.82, 2.24) is 0 Å². The summed E-state index contributed by atoms with van der Waals surface area (Å²) in [6, 6.07) is 20.4. The maximum absolute atomic E-state index is 13.1. The molecule has 0 saturated heterocycles. The molecule has 4 aromatic carbocycles. The molecular formula is C26H18BrCl3N2O4S. The third-order valence-electron chi connectivity index (χ3n) is 5.18. The highest BCUT2D eigenvalue weighted by molar-refractivity contribution is 9.10. The summed E-state index contributed by atoms with van der Waals surface area (Å²) in [5.41, 5.74) is 1.32. The number of para-hydroxylation sites is 1. The maximum Gasteiger partial charge on any atom is 0.261 e. The molecule has 4 rings (SSSR count). The summed E-state index contributed by atoms with van der Waals surface area (Å²) >= 11 is 21.7. The highest BCUT2D eigenvalue weighted by atomic mass is 79.9. The van der Waals surface area contributed by atoms with E-state index in [-0.39, 0.29) is 21.2 Å². The molecule has 1 amide bonds. The van der Waals surface area contributed by atoms with Crippen LogP contribution in [-0.4, -0.2) is 14.3 Å². The quantitative estimate of drug-likeness (QED) is 0.212. The summed E-state index contributed by atoms with van der Waals surface area (Å²) < 4.78 is 35.1. The van der Waals surface area contributed by atoms with Crippen LogP contribution in [0.4, 0.5) is 11.4 Å². The van der Waals surface area contributed by atoms with Gasteiger partial charge in [-0.25, -0.2) is 8.42 Å². The van der Waals surface area contributed by atoms with Crippen molar-refractivity contribution in [3.63, 3.8) is 0 Å². The van der Waals surface area contributed by atoms with E-state index in [1.807, 2.05) is 0 Å². The van der Waals surface area contributed by atoms with Crippen LogP contribution in [0.5, 0.6) is 11.5 Å². The van der Waals surface area contributed by atoms with Crippen LogP contribution < -0.4 is 14.8 Å². The normalized spacial score (nSPS) is 11.2. The predicted octanol–water partition coefficient (Wildman–Crippen LogP) is 8.56. The summed E-state index contributed by atoms with van der Waals surface area (Å²) in [6.07, 6.45) is 0. The number of aryl methyl sites for hydroxylation is 1. The Balaban J connectivity index is 1.57. The zero-order valence-corrected chi connectivity index (χ0v) is 23.7. The molecule has 0 fully saturated rings. The van der Waals surface area contributed by atoms with Crippen LogP contribution in [0.3, 0.4) is 0 Å². The Morgan fingerprint density at radius 1 is 0.865 bits per heavy atom. The first kappa shape index (κ1) is 27.3. The zero-order chi connectivity index (χ0) is 26.7. The van der Waals surface area contributed by atoms with Gasteiger partial charge in [-0.3, -0.25) is 9.52 Å². The smallest absolute Gasteiger partial charge is 0.261 e. The Bertz CT molecular complexity index is 1600. The van der Waals surface area contributed by atoms with Gasteiger partial charge in [0.05, 0.1) is 26.2 Å². The van der Waals surface area contributed by atoms with Crippen LogP contribution in [0.15, 0.2) is 88.2 Å². The Labute approximate surface area is 237 Å². The minimum atomic E-state index is -4.06. The van der Waals surface area contributed by atoms with Crippen molar-refractivity contribution >= 4 is 78.0 Å². The predicted molar refractivity (Wildman–Crippen MR) is 152 cm³/mol. The van der Waals surface area contributed by atoms with Crippen molar-refractivity contribution < 1.29 is 17.9 Å². The van der Waals surface area contributed by atoms with Gasteiger partial charge >= 0.3 is 0 Å². The molecule has 190 valence electrons. The second kappa shape index (κ2) is 11.3.